The molecule has 0 saturated carbocycles. The van der Waals surface area contributed by atoms with Crippen LogP contribution in [0.25, 0.3) is 32.3 Å². The van der Waals surface area contributed by atoms with E-state index in [4.69, 9.17) is 5.10 Å². The fourth-order valence-electron chi connectivity index (χ4n) is 4.78. The zero-order chi connectivity index (χ0) is 23.8. The van der Waals surface area contributed by atoms with Crippen molar-refractivity contribution in [1.29, 1.82) is 0 Å². The maximum atomic E-state index is 9.46. The molecule has 0 heterocycles. The number of aliphatic hydroxyl groups excluding tert-OH is 2. The van der Waals surface area contributed by atoms with Gasteiger partial charge < -0.3 is 10.2 Å². The van der Waals surface area contributed by atoms with Crippen LogP contribution in [0, 0.1) is 0 Å². The minimum atomic E-state index is -0.00338. The highest BCUT2D eigenvalue weighted by atomic mass is 16.3. The van der Waals surface area contributed by atoms with Crippen LogP contribution >= 0.6 is 0 Å². The Balaban J connectivity index is 1.51. The molecule has 4 heteroatoms. The fourth-order valence-corrected chi connectivity index (χ4v) is 4.78. The number of rotatable bonds is 6. The molecule has 0 aliphatic rings. The van der Waals surface area contributed by atoms with Crippen molar-refractivity contribution in [3.05, 3.63) is 120 Å². The van der Waals surface area contributed by atoms with Gasteiger partial charge in [0.1, 0.15) is 0 Å². The number of hydrogen-bond donors (Lipinski definition) is 2. The number of hydrogen-bond acceptors (Lipinski definition) is 4. The highest BCUT2D eigenvalue weighted by Crippen LogP contribution is 2.36. The van der Waals surface area contributed by atoms with Gasteiger partial charge in [0.05, 0.1) is 30.8 Å². The topological polar surface area (TPSA) is 56.1 Å². The highest BCUT2D eigenvalue weighted by Gasteiger charge is 2.12. The van der Waals surface area contributed by atoms with Crippen molar-refractivity contribution in [3.8, 4) is 0 Å². The molecule has 0 aliphatic heterocycles. The first-order chi connectivity index (χ1) is 17.2. The molecule has 6 aromatic rings. The minimum absolute atomic E-state index is 0.00338. The molecule has 4 nitrogen and oxygen atoms in total. The van der Waals surface area contributed by atoms with E-state index in [9.17, 15) is 10.2 Å². The van der Waals surface area contributed by atoms with Crippen LogP contribution in [0.4, 0.5) is 11.4 Å². The molecule has 170 valence electrons. The second kappa shape index (κ2) is 8.84. The molecule has 0 fully saturated rings. The average molecular weight is 457 g/mol. The van der Waals surface area contributed by atoms with E-state index in [-0.39, 0.29) is 13.2 Å². The van der Waals surface area contributed by atoms with Gasteiger partial charge >= 0.3 is 0 Å². The van der Waals surface area contributed by atoms with E-state index >= 15 is 0 Å². The Hall–Kier alpha value is -4.25. The first-order valence-electron chi connectivity index (χ1n) is 11.7. The smallest absolute Gasteiger partial charge is 0.0681 e. The van der Waals surface area contributed by atoms with E-state index < -0.39 is 0 Å². The lowest BCUT2D eigenvalue weighted by atomic mass is 9.92. The predicted molar refractivity (Wildman–Crippen MR) is 145 cm³/mol. The Kier molecular flexibility index (Phi) is 5.38. The normalized spacial score (nSPS) is 11.8. The second-order valence-corrected chi connectivity index (χ2v) is 8.72. The Morgan fingerprint density at radius 1 is 0.600 bits per heavy atom. The molecule has 0 atom stereocenters. The van der Waals surface area contributed by atoms with Crippen molar-refractivity contribution in [2.45, 2.75) is 13.2 Å². The van der Waals surface area contributed by atoms with Gasteiger partial charge in [-0.3, -0.25) is 0 Å². The predicted octanol–water partition coefficient (Wildman–Crippen LogP) is 6.74. The van der Waals surface area contributed by atoms with Crippen LogP contribution in [0.1, 0.15) is 16.7 Å². The number of benzene rings is 6. The van der Waals surface area contributed by atoms with Gasteiger partial charge in [-0.25, -0.2) is 5.01 Å². The van der Waals surface area contributed by atoms with Crippen LogP contribution < -0.4 is 5.01 Å². The summed E-state index contributed by atoms with van der Waals surface area (Å²) in [5.74, 6) is 0. The SMILES string of the molecule is OCc1ccc(N(/N=C/c2cc3cccc4ccc5cccc2c5c43)c2ccc(CO)cc2)cc1. The van der Waals surface area contributed by atoms with Crippen LogP contribution in [0.5, 0.6) is 0 Å². The maximum absolute atomic E-state index is 9.46. The summed E-state index contributed by atoms with van der Waals surface area (Å²) in [5, 5.41) is 33.1. The van der Waals surface area contributed by atoms with Crippen molar-refractivity contribution < 1.29 is 10.2 Å². The maximum Gasteiger partial charge on any atom is 0.0681 e. The van der Waals surface area contributed by atoms with E-state index in [0.717, 1.165) is 28.1 Å². The summed E-state index contributed by atoms with van der Waals surface area (Å²) < 4.78 is 0. The van der Waals surface area contributed by atoms with E-state index in [2.05, 4.69) is 54.6 Å². The van der Waals surface area contributed by atoms with Crippen LogP contribution in [-0.4, -0.2) is 16.4 Å². The third-order valence-corrected chi connectivity index (χ3v) is 6.58. The first-order valence-corrected chi connectivity index (χ1v) is 11.7. The molecule has 2 N–H and O–H groups in total. The molecule has 6 aromatic carbocycles. The zero-order valence-corrected chi connectivity index (χ0v) is 19.1. The first kappa shape index (κ1) is 21.3. The Morgan fingerprint density at radius 2 is 1.14 bits per heavy atom. The number of aliphatic hydroxyl groups is 2. The van der Waals surface area contributed by atoms with Gasteiger partial charge in [-0.15, -0.1) is 0 Å². The van der Waals surface area contributed by atoms with Crippen molar-refractivity contribution in [3.63, 3.8) is 0 Å². The Morgan fingerprint density at radius 3 is 1.74 bits per heavy atom. The van der Waals surface area contributed by atoms with Gasteiger partial charge in [-0.05, 0) is 73.8 Å². The molecule has 6 rings (SSSR count). The molecular weight excluding hydrogens is 432 g/mol. The molecule has 0 amide bonds. The molecule has 0 aromatic heterocycles. The lowest BCUT2D eigenvalue weighted by Gasteiger charge is -2.20. The summed E-state index contributed by atoms with van der Waals surface area (Å²) in [6, 6.07) is 34.8. The van der Waals surface area contributed by atoms with Crippen molar-refractivity contribution in [2.24, 2.45) is 5.10 Å². The zero-order valence-electron chi connectivity index (χ0n) is 19.1. The Labute approximate surface area is 203 Å². The summed E-state index contributed by atoms with van der Waals surface area (Å²) in [6.45, 7) is -0.00676. The summed E-state index contributed by atoms with van der Waals surface area (Å²) in [5.41, 5.74) is 4.50. The summed E-state index contributed by atoms with van der Waals surface area (Å²) in [6.07, 6.45) is 1.92. The van der Waals surface area contributed by atoms with Gasteiger partial charge in [0, 0.05) is 5.56 Å². The highest BCUT2D eigenvalue weighted by molar-refractivity contribution is 6.26. The van der Waals surface area contributed by atoms with Crippen molar-refractivity contribution >= 4 is 49.9 Å². The fraction of sp³-hybridized carbons (Fsp3) is 0.0645. The number of hydrazone groups is 1. The monoisotopic (exact) mass is 456 g/mol. The average Bonchev–Trinajstić information content (AvgIpc) is 2.93. The quantitative estimate of drug-likeness (QED) is 0.166. The number of nitrogens with zero attached hydrogens (tertiary/aromatic N) is 2. The van der Waals surface area contributed by atoms with Crippen molar-refractivity contribution in [2.75, 3.05) is 5.01 Å². The van der Waals surface area contributed by atoms with E-state index in [1.807, 2.05) is 59.8 Å². The molecule has 0 saturated heterocycles. The molecule has 0 aliphatic carbocycles. The minimum Gasteiger partial charge on any atom is -0.392 e. The summed E-state index contributed by atoms with van der Waals surface area (Å²) in [4.78, 5) is 0. The lowest BCUT2D eigenvalue weighted by Crippen LogP contribution is -2.10. The number of anilines is 2. The van der Waals surface area contributed by atoms with Gasteiger partial charge in [0.2, 0.25) is 0 Å². The van der Waals surface area contributed by atoms with Gasteiger partial charge in [0.25, 0.3) is 0 Å². The van der Waals surface area contributed by atoms with E-state index in [1.54, 1.807) is 0 Å². The Bertz CT molecular complexity index is 1610. The van der Waals surface area contributed by atoms with E-state index in [0.29, 0.717) is 0 Å². The van der Waals surface area contributed by atoms with E-state index in [1.165, 1.54) is 32.3 Å². The van der Waals surface area contributed by atoms with Gasteiger partial charge in [0.15, 0.2) is 0 Å². The van der Waals surface area contributed by atoms with Crippen LogP contribution in [0.15, 0.2) is 108 Å². The van der Waals surface area contributed by atoms with Gasteiger partial charge in [-0.1, -0.05) is 72.8 Å². The largest absolute Gasteiger partial charge is 0.392 e. The molecule has 0 bridgehead atoms. The van der Waals surface area contributed by atoms with Crippen molar-refractivity contribution in [1.82, 2.24) is 0 Å². The third-order valence-electron chi connectivity index (χ3n) is 6.58. The van der Waals surface area contributed by atoms with Crippen LogP contribution in [0.3, 0.4) is 0 Å². The molecule has 0 unspecified atom stereocenters. The molecule has 0 radical (unpaired) electrons. The molecule has 35 heavy (non-hydrogen) atoms. The van der Waals surface area contributed by atoms with Crippen LogP contribution in [-0.2, 0) is 13.2 Å². The summed E-state index contributed by atoms with van der Waals surface area (Å²) >= 11 is 0. The molecule has 0 spiro atoms. The van der Waals surface area contributed by atoms with Gasteiger partial charge in [-0.2, -0.15) is 5.10 Å². The standard InChI is InChI=1S/C31H24N2O2/c34-19-21-7-13-27(14-8-21)33(28-15-9-22(20-35)10-16-28)32-18-26-17-25-5-1-3-23-11-12-24-4-2-6-29(26)31(24)30(23)25/h1-18,34-35H,19-20H2/b32-18+. The molecular formula is C31H24N2O2. The van der Waals surface area contributed by atoms with Crippen LogP contribution in [0.2, 0.25) is 0 Å². The second-order valence-electron chi connectivity index (χ2n) is 8.72. The third kappa shape index (κ3) is 3.79. The summed E-state index contributed by atoms with van der Waals surface area (Å²) in [7, 11) is 0. The lowest BCUT2D eigenvalue weighted by molar-refractivity contribution is 0.281.